The Kier molecular flexibility index (Phi) is 5.83. The van der Waals surface area contributed by atoms with Crippen molar-refractivity contribution in [3.8, 4) is 17.2 Å². The number of fused-ring (bicyclic) bond motifs is 1. The van der Waals surface area contributed by atoms with E-state index in [1.807, 2.05) is 0 Å². The largest absolute Gasteiger partial charge is 0.488 e. The highest BCUT2D eigenvalue weighted by molar-refractivity contribution is 6.39. The molecule has 1 fully saturated rings. The molecule has 3 aromatic rings. The van der Waals surface area contributed by atoms with E-state index in [9.17, 15) is 19.2 Å². The summed E-state index contributed by atoms with van der Waals surface area (Å²) in [5.74, 6) is -1.41. The first-order valence-electron chi connectivity index (χ1n) is 10.8. The Morgan fingerprint density at radius 3 is 2.53 bits per heavy atom. The number of imide groups is 2. The van der Waals surface area contributed by atoms with Gasteiger partial charge in [-0.25, -0.2) is 14.5 Å². The summed E-state index contributed by atoms with van der Waals surface area (Å²) < 4.78 is 16.5. The van der Waals surface area contributed by atoms with E-state index < -0.39 is 23.8 Å². The van der Waals surface area contributed by atoms with Gasteiger partial charge in [0.05, 0.1) is 11.3 Å². The Morgan fingerprint density at radius 2 is 1.75 bits per heavy atom. The molecule has 0 spiro atoms. The molecule has 10 nitrogen and oxygen atoms in total. The molecule has 2 aliphatic heterocycles. The number of benzene rings is 3. The van der Waals surface area contributed by atoms with Crippen molar-refractivity contribution in [2.45, 2.75) is 6.61 Å². The van der Waals surface area contributed by atoms with Gasteiger partial charge < -0.3 is 19.3 Å². The molecule has 3 aromatic carbocycles. The molecule has 0 radical (unpaired) electrons. The lowest BCUT2D eigenvalue weighted by Crippen LogP contribution is -2.54. The zero-order chi connectivity index (χ0) is 25.2. The van der Waals surface area contributed by atoms with Gasteiger partial charge in [0.2, 0.25) is 6.79 Å². The highest BCUT2D eigenvalue weighted by Crippen LogP contribution is 2.36. The zero-order valence-corrected chi connectivity index (χ0v) is 18.6. The number of nitrogens with one attached hydrogen (secondary N) is 1. The van der Waals surface area contributed by atoms with Crippen LogP contribution in [0.2, 0.25) is 0 Å². The van der Waals surface area contributed by atoms with Crippen molar-refractivity contribution >= 4 is 35.6 Å². The smallest absolute Gasteiger partial charge is 0.335 e. The molecule has 2 aliphatic rings. The maximum Gasteiger partial charge on any atom is 0.335 e. The Labute approximate surface area is 204 Å². The van der Waals surface area contributed by atoms with Crippen LogP contribution in [-0.4, -0.2) is 35.7 Å². The van der Waals surface area contributed by atoms with E-state index in [0.717, 1.165) is 10.5 Å². The minimum atomic E-state index is -1.02. The van der Waals surface area contributed by atoms with Crippen LogP contribution in [-0.2, 0) is 16.2 Å². The Bertz CT molecular complexity index is 1430. The average molecular weight is 486 g/mol. The third kappa shape index (κ3) is 4.34. The molecule has 0 aliphatic carbocycles. The molecule has 4 amide bonds. The number of amides is 4. The molecule has 180 valence electrons. The molecule has 0 bridgehead atoms. The van der Waals surface area contributed by atoms with Crippen LogP contribution in [0.4, 0.5) is 10.5 Å². The highest BCUT2D eigenvalue weighted by Gasteiger charge is 2.37. The van der Waals surface area contributed by atoms with E-state index >= 15 is 0 Å². The maximum absolute atomic E-state index is 13.2. The first-order valence-corrected chi connectivity index (χ1v) is 10.8. The summed E-state index contributed by atoms with van der Waals surface area (Å²) in [5.41, 5.74) is 1.29. The van der Waals surface area contributed by atoms with Gasteiger partial charge in [-0.05, 0) is 42.0 Å². The number of carbonyl (C=O) groups excluding carboxylic acids is 3. The molecule has 0 atom stereocenters. The zero-order valence-electron chi connectivity index (χ0n) is 18.6. The summed E-state index contributed by atoms with van der Waals surface area (Å²) in [4.78, 5) is 50.2. The van der Waals surface area contributed by atoms with Crippen LogP contribution in [0.3, 0.4) is 0 Å². The van der Waals surface area contributed by atoms with E-state index in [1.165, 1.54) is 30.3 Å². The van der Waals surface area contributed by atoms with Crippen LogP contribution in [0.15, 0.2) is 72.3 Å². The van der Waals surface area contributed by atoms with E-state index in [1.54, 1.807) is 42.5 Å². The number of hydrogen-bond acceptors (Lipinski definition) is 7. The molecule has 2 N–H and O–H groups in total. The summed E-state index contributed by atoms with van der Waals surface area (Å²) in [5, 5.41) is 11.2. The lowest BCUT2D eigenvalue weighted by atomic mass is 10.1. The number of anilines is 1. The monoisotopic (exact) mass is 486 g/mol. The van der Waals surface area contributed by atoms with E-state index in [0.29, 0.717) is 22.8 Å². The number of barbiturate groups is 1. The molecular formula is C26H18N2O8. The Balaban J connectivity index is 1.40. The van der Waals surface area contributed by atoms with Crippen LogP contribution in [0.25, 0.3) is 6.08 Å². The third-order valence-corrected chi connectivity index (χ3v) is 5.53. The minimum absolute atomic E-state index is 0.0308. The van der Waals surface area contributed by atoms with E-state index in [2.05, 4.69) is 5.32 Å². The lowest BCUT2D eigenvalue weighted by Gasteiger charge is -2.26. The molecule has 5 rings (SSSR count). The fraction of sp³-hybridized carbons (Fsp3) is 0.0769. The number of urea groups is 1. The minimum Gasteiger partial charge on any atom is -0.488 e. The van der Waals surface area contributed by atoms with Crippen LogP contribution >= 0.6 is 0 Å². The van der Waals surface area contributed by atoms with Gasteiger partial charge in [-0.2, -0.15) is 0 Å². The number of carbonyl (C=O) groups is 4. The van der Waals surface area contributed by atoms with Gasteiger partial charge in [-0.3, -0.25) is 14.9 Å². The van der Waals surface area contributed by atoms with E-state index in [4.69, 9.17) is 19.3 Å². The van der Waals surface area contributed by atoms with Gasteiger partial charge in [-0.1, -0.05) is 30.3 Å². The predicted molar refractivity (Wildman–Crippen MR) is 126 cm³/mol. The summed E-state index contributed by atoms with van der Waals surface area (Å²) in [7, 11) is 0. The van der Waals surface area contributed by atoms with Crippen LogP contribution in [0.5, 0.6) is 17.2 Å². The van der Waals surface area contributed by atoms with Gasteiger partial charge in [0.1, 0.15) is 17.9 Å². The number of carboxylic acids is 1. The van der Waals surface area contributed by atoms with Crippen molar-refractivity contribution in [2.75, 3.05) is 11.7 Å². The van der Waals surface area contributed by atoms with Crippen molar-refractivity contribution in [1.82, 2.24) is 5.32 Å². The number of carboxylic acid groups (broad SMARTS) is 1. The standard InChI is InChI=1S/C26H18N2O8/c29-23-19(24(30)28(26(33)27-23)18-9-10-21-22(12-18)36-14-35-21)11-17-3-1-2-4-20(17)34-13-15-5-7-16(8-6-15)25(31)32/h1-12H,13-14H2,(H,31,32)(H,27,29,33)/b19-11+. The second-order valence-corrected chi connectivity index (χ2v) is 7.82. The second kappa shape index (κ2) is 9.26. The second-order valence-electron chi connectivity index (χ2n) is 7.82. The highest BCUT2D eigenvalue weighted by atomic mass is 16.7. The fourth-order valence-electron chi connectivity index (χ4n) is 3.71. The molecule has 0 aromatic heterocycles. The van der Waals surface area contributed by atoms with Gasteiger partial charge in [0, 0.05) is 11.6 Å². The number of rotatable bonds is 6. The fourth-order valence-corrected chi connectivity index (χ4v) is 3.71. The number of hydrogen-bond donors (Lipinski definition) is 2. The lowest BCUT2D eigenvalue weighted by molar-refractivity contribution is -0.122. The van der Waals surface area contributed by atoms with Crippen LogP contribution < -0.4 is 24.4 Å². The van der Waals surface area contributed by atoms with E-state index in [-0.39, 0.29) is 30.2 Å². The molecular weight excluding hydrogens is 468 g/mol. The van der Waals surface area contributed by atoms with Gasteiger partial charge in [0.25, 0.3) is 11.8 Å². The predicted octanol–water partition coefficient (Wildman–Crippen LogP) is 3.36. The number of para-hydroxylation sites is 1. The van der Waals surface area contributed by atoms with Crippen molar-refractivity contribution in [2.24, 2.45) is 0 Å². The first kappa shape index (κ1) is 22.7. The van der Waals surface area contributed by atoms with Gasteiger partial charge >= 0.3 is 12.0 Å². The quantitative estimate of drug-likeness (QED) is 0.401. The van der Waals surface area contributed by atoms with Crippen molar-refractivity contribution < 1.29 is 38.5 Å². The van der Waals surface area contributed by atoms with Crippen molar-refractivity contribution in [1.29, 1.82) is 0 Å². The summed E-state index contributed by atoms with van der Waals surface area (Å²) in [6.07, 6.45) is 1.35. The van der Waals surface area contributed by atoms with Crippen LogP contribution in [0, 0.1) is 0 Å². The summed E-state index contributed by atoms with van der Waals surface area (Å²) >= 11 is 0. The van der Waals surface area contributed by atoms with Gasteiger partial charge in [0.15, 0.2) is 11.5 Å². The SMILES string of the molecule is O=C1NC(=O)N(c2ccc3c(c2)OCO3)C(=O)/C1=C/c1ccccc1OCc1ccc(C(=O)O)cc1. The average Bonchev–Trinajstić information content (AvgIpc) is 3.34. The van der Waals surface area contributed by atoms with Gasteiger partial charge in [-0.15, -0.1) is 0 Å². The molecule has 2 heterocycles. The first-order chi connectivity index (χ1) is 17.4. The number of nitrogens with zero attached hydrogens (tertiary/aromatic N) is 1. The number of aromatic carboxylic acids is 1. The normalized spacial score (nSPS) is 15.7. The summed E-state index contributed by atoms with van der Waals surface area (Å²) in [6.45, 7) is 0.158. The van der Waals surface area contributed by atoms with Crippen molar-refractivity contribution in [3.63, 3.8) is 0 Å². The Morgan fingerprint density at radius 1 is 1.00 bits per heavy atom. The number of ether oxygens (including phenoxy) is 3. The molecule has 0 unspecified atom stereocenters. The summed E-state index contributed by atoms with van der Waals surface area (Å²) in [6, 6.07) is 16.7. The Hall–Kier alpha value is -5.12. The topological polar surface area (TPSA) is 131 Å². The molecule has 10 heteroatoms. The van der Waals surface area contributed by atoms with Crippen molar-refractivity contribution in [3.05, 3.63) is 89.0 Å². The molecule has 0 saturated carbocycles. The maximum atomic E-state index is 13.2. The van der Waals surface area contributed by atoms with Crippen LogP contribution in [0.1, 0.15) is 21.5 Å². The third-order valence-electron chi connectivity index (χ3n) is 5.53. The molecule has 36 heavy (non-hydrogen) atoms. The molecule has 1 saturated heterocycles.